The molecule has 3 heterocycles. The molecule has 0 unspecified atom stereocenters. The van der Waals surface area contributed by atoms with E-state index in [0.717, 1.165) is 31.9 Å². The van der Waals surface area contributed by atoms with Crippen LogP contribution >= 0.6 is 0 Å². The lowest BCUT2D eigenvalue weighted by Crippen LogP contribution is -2.29. The van der Waals surface area contributed by atoms with Gasteiger partial charge in [-0.15, -0.1) is 0 Å². The van der Waals surface area contributed by atoms with Crippen LogP contribution in [0.2, 0.25) is 0 Å². The fourth-order valence-electron chi connectivity index (χ4n) is 3.17. The molecule has 1 saturated carbocycles. The van der Waals surface area contributed by atoms with Crippen LogP contribution < -0.4 is 16.2 Å². The van der Waals surface area contributed by atoms with E-state index in [2.05, 4.69) is 25.6 Å². The zero-order chi connectivity index (χ0) is 20.6. The minimum Gasteiger partial charge on any atom is -0.381 e. The number of hydrogen-bond donors (Lipinski definition) is 2. The highest BCUT2D eigenvalue weighted by Gasteiger charge is 2.42. The maximum absolute atomic E-state index is 13.3. The lowest BCUT2D eigenvalue weighted by Gasteiger charge is -2.23. The molecule has 0 spiro atoms. The second-order valence-corrected chi connectivity index (χ2v) is 7.63. The topological polar surface area (TPSA) is 94.0 Å². The van der Waals surface area contributed by atoms with Gasteiger partial charge in [0.15, 0.2) is 0 Å². The summed E-state index contributed by atoms with van der Waals surface area (Å²) >= 11 is 0. The number of halogens is 3. The van der Waals surface area contributed by atoms with Crippen molar-refractivity contribution in [1.82, 2.24) is 19.5 Å². The first-order chi connectivity index (χ1) is 13.7. The highest BCUT2D eigenvalue weighted by atomic mass is 19.4. The van der Waals surface area contributed by atoms with E-state index in [9.17, 15) is 18.0 Å². The van der Waals surface area contributed by atoms with Crippen molar-refractivity contribution in [1.29, 1.82) is 0 Å². The molecule has 156 valence electrons. The molecular formula is C18H21F3N6O2. The Morgan fingerprint density at radius 1 is 1.24 bits per heavy atom. The minimum absolute atomic E-state index is 0.0233. The molecule has 2 aromatic heterocycles. The first kappa shape index (κ1) is 19.6. The normalized spacial score (nSPS) is 19.0. The Labute approximate surface area is 164 Å². The van der Waals surface area contributed by atoms with Gasteiger partial charge in [-0.05, 0) is 32.6 Å². The molecule has 8 nitrogen and oxygen atoms in total. The van der Waals surface area contributed by atoms with Crippen LogP contribution in [0.25, 0.3) is 0 Å². The summed E-state index contributed by atoms with van der Waals surface area (Å²) in [5.74, 6) is -0.187. The minimum atomic E-state index is -4.57. The fourth-order valence-corrected chi connectivity index (χ4v) is 3.17. The largest absolute Gasteiger partial charge is 0.421 e. The molecule has 2 N–H and O–H groups in total. The lowest BCUT2D eigenvalue weighted by molar-refractivity contribution is -0.137. The van der Waals surface area contributed by atoms with Gasteiger partial charge >= 0.3 is 6.18 Å². The fraction of sp³-hybridized carbons (Fsp3) is 0.556. The molecular weight excluding hydrogens is 389 g/mol. The van der Waals surface area contributed by atoms with Crippen molar-refractivity contribution in [3.63, 3.8) is 0 Å². The average molecular weight is 410 g/mol. The number of rotatable bonds is 5. The number of ether oxygens (including phenoxy) is 1. The Kier molecular flexibility index (Phi) is 4.93. The molecule has 4 rings (SSSR count). The van der Waals surface area contributed by atoms with Gasteiger partial charge in [-0.2, -0.15) is 18.2 Å². The number of nitrogens with one attached hydrogen (secondary N) is 2. The number of nitrogens with zero attached hydrogens (tertiary/aromatic N) is 4. The summed E-state index contributed by atoms with van der Waals surface area (Å²) in [6.45, 7) is 3.01. The maximum atomic E-state index is 13.3. The second kappa shape index (κ2) is 7.29. The molecule has 1 aliphatic heterocycles. The molecule has 0 radical (unpaired) electrons. The van der Waals surface area contributed by atoms with Crippen molar-refractivity contribution in [3.8, 4) is 0 Å². The molecule has 1 saturated heterocycles. The first-order valence-corrected chi connectivity index (χ1v) is 9.39. The van der Waals surface area contributed by atoms with Gasteiger partial charge in [0.1, 0.15) is 23.5 Å². The quantitative estimate of drug-likeness (QED) is 0.782. The first-order valence-electron chi connectivity index (χ1n) is 9.39. The van der Waals surface area contributed by atoms with E-state index in [0.29, 0.717) is 13.2 Å². The Balaban J connectivity index is 1.56. The van der Waals surface area contributed by atoms with Crippen LogP contribution in [-0.4, -0.2) is 38.3 Å². The summed E-state index contributed by atoms with van der Waals surface area (Å²) in [7, 11) is 0. The summed E-state index contributed by atoms with van der Waals surface area (Å²) in [5, 5.41) is 5.57. The zero-order valence-corrected chi connectivity index (χ0v) is 15.8. The van der Waals surface area contributed by atoms with Crippen molar-refractivity contribution in [2.24, 2.45) is 0 Å². The molecule has 11 heteroatoms. The Hall–Kier alpha value is -2.69. The van der Waals surface area contributed by atoms with Crippen LogP contribution in [0.15, 0.2) is 23.4 Å². The summed E-state index contributed by atoms with van der Waals surface area (Å²) in [5.41, 5.74) is -1.59. The monoisotopic (exact) mass is 410 g/mol. The molecule has 1 aliphatic carbocycles. The van der Waals surface area contributed by atoms with Gasteiger partial charge in [-0.1, -0.05) is 0 Å². The third kappa shape index (κ3) is 4.50. The van der Waals surface area contributed by atoms with Crippen LogP contribution in [-0.2, 0) is 10.9 Å². The van der Waals surface area contributed by atoms with Crippen molar-refractivity contribution in [2.75, 3.05) is 23.8 Å². The van der Waals surface area contributed by atoms with Crippen LogP contribution in [0, 0.1) is 0 Å². The highest BCUT2D eigenvalue weighted by molar-refractivity contribution is 5.55. The molecule has 0 bridgehead atoms. The summed E-state index contributed by atoms with van der Waals surface area (Å²) < 4.78 is 46.7. The smallest absolute Gasteiger partial charge is 0.381 e. The van der Waals surface area contributed by atoms with Crippen molar-refractivity contribution in [2.45, 2.75) is 50.4 Å². The Morgan fingerprint density at radius 3 is 2.59 bits per heavy atom. The van der Waals surface area contributed by atoms with Crippen LogP contribution in [0.4, 0.5) is 30.8 Å². The van der Waals surface area contributed by atoms with Crippen LogP contribution in [0.5, 0.6) is 0 Å². The van der Waals surface area contributed by atoms with Crippen LogP contribution in [0.1, 0.15) is 44.2 Å². The van der Waals surface area contributed by atoms with Gasteiger partial charge < -0.3 is 15.4 Å². The maximum Gasteiger partial charge on any atom is 0.421 e. The molecule has 2 fully saturated rings. The van der Waals surface area contributed by atoms with E-state index in [1.165, 1.54) is 12.4 Å². The number of hydrogen-bond acceptors (Lipinski definition) is 7. The Morgan fingerprint density at radius 2 is 1.97 bits per heavy atom. The third-order valence-corrected chi connectivity index (χ3v) is 5.17. The van der Waals surface area contributed by atoms with E-state index in [1.807, 2.05) is 6.92 Å². The molecule has 2 aliphatic rings. The van der Waals surface area contributed by atoms with E-state index in [-0.39, 0.29) is 29.2 Å². The van der Waals surface area contributed by atoms with E-state index < -0.39 is 17.3 Å². The van der Waals surface area contributed by atoms with Crippen molar-refractivity contribution in [3.05, 3.63) is 34.5 Å². The van der Waals surface area contributed by atoms with Gasteiger partial charge in [0, 0.05) is 37.1 Å². The molecule has 0 amide bonds. The van der Waals surface area contributed by atoms with E-state index in [4.69, 9.17) is 4.74 Å². The van der Waals surface area contributed by atoms with Gasteiger partial charge in [0.25, 0.3) is 5.56 Å². The summed E-state index contributed by atoms with van der Waals surface area (Å²) in [6.07, 6.45) is 0.566. The average Bonchev–Trinajstić information content (AvgIpc) is 3.38. The SMILES string of the molecule is CC1(Nc2nc(Nc3cc(=O)n(C4CCOCC4)cn3)ncc2C(F)(F)F)CC1. The number of aromatic nitrogens is 4. The molecule has 0 atom stereocenters. The summed E-state index contributed by atoms with van der Waals surface area (Å²) in [4.78, 5) is 24.3. The van der Waals surface area contributed by atoms with Crippen molar-refractivity contribution < 1.29 is 17.9 Å². The molecule has 0 aromatic carbocycles. The van der Waals surface area contributed by atoms with Crippen LogP contribution in [0.3, 0.4) is 0 Å². The van der Waals surface area contributed by atoms with Crippen molar-refractivity contribution >= 4 is 17.6 Å². The number of anilines is 3. The second-order valence-electron chi connectivity index (χ2n) is 7.63. The van der Waals surface area contributed by atoms with Gasteiger partial charge in [0.05, 0.1) is 0 Å². The summed E-state index contributed by atoms with van der Waals surface area (Å²) in [6, 6.07) is 1.31. The van der Waals surface area contributed by atoms with E-state index in [1.54, 1.807) is 4.57 Å². The Bertz CT molecular complexity index is 951. The predicted octanol–water partition coefficient (Wildman–Crippen LogP) is 3.11. The zero-order valence-electron chi connectivity index (χ0n) is 15.8. The van der Waals surface area contributed by atoms with Gasteiger partial charge in [0.2, 0.25) is 5.95 Å². The molecule has 29 heavy (non-hydrogen) atoms. The van der Waals surface area contributed by atoms with Gasteiger partial charge in [-0.3, -0.25) is 9.36 Å². The van der Waals surface area contributed by atoms with Gasteiger partial charge in [-0.25, -0.2) is 9.97 Å². The molecule has 2 aromatic rings. The highest BCUT2D eigenvalue weighted by Crippen LogP contribution is 2.41. The number of alkyl halides is 3. The predicted molar refractivity (Wildman–Crippen MR) is 99.2 cm³/mol. The third-order valence-electron chi connectivity index (χ3n) is 5.17. The standard InChI is InChI=1S/C18H21F3N6O2/c1-17(4-5-17)26-15-12(18(19,20)21)9-22-16(25-15)24-13-8-14(28)27(10-23-13)11-2-6-29-7-3-11/h8-11H,2-7H2,1H3,(H2,22,24,25,26). The lowest BCUT2D eigenvalue weighted by atomic mass is 10.1. The van der Waals surface area contributed by atoms with E-state index >= 15 is 0 Å².